The van der Waals surface area contributed by atoms with Gasteiger partial charge in [0.15, 0.2) is 0 Å². The summed E-state index contributed by atoms with van der Waals surface area (Å²) in [6, 6.07) is 5.39. The van der Waals surface area contributed by atoms with Crippen LogP contribution in [0, 0.1) is 23.6 Å². The molecule has 2 aliphatic rings. The molecule has 1 nitrogen and oxygen atoms in total. The first-order valence-electron chi connectivity index (χ1n) is 11.2. The van der Waals surface area contributed by atoms with E-state index in [-0.39, 0.29) is 10.8 Å². The molecule has 0 aromatic heterocycles. The number of rotatable bonds is 8. The fourth-order valence-electron chi connectivity index (χ4n) is 5.42. The lowest BCUT2D eigenvalue weighted by Crippen LogP contribution is -2.25. The maximum Gasteiger partial charge on any atom is 0.142 e. The smallest absolute Gasteiger partial charge is 0.142 e. The molecule has 3 rings (SSSR count). The molecule has 27 heavy (non-hydrogen) atoms. The highest BCUT2D eigenvalue weighted by Crippen LogP contribution is 2.44. The first-order chi connectivity index (χ1) is 13.2. The Hall–Kier alpha value is -0.600. The number of halogens is 2. The molecule has 152 valence electrons. The lowest BCUT2D eigenvalue weighted by molar-refractivity contribution is 0.135. The van der Waals surface area contributed by atoms with Crippen LogP contribution in [0.25, 0.3) is 0 Å². The van der Waals surface area contributed by atoms with Gasteiger partial charge in [-0.3, -0.25) is 0 Å². The molecule has 0 amide bonds. The number of hydrogen-bond donors (Lipinski definition) is 0. The number of benzene rings is 1. The molecule has 0 heterocycles. The molecule has 0 bridgehead atoms. The Morgan fingerprint density at radius 3 is 2.26 bits per heavy atom. The minimum atomic E-state index is -0.268. The molecule has 2 fully saturated rings. The summed E-state index contributed by atoms with van der Waals surface area (Å²) in [7, 11) is 0. The van der Waals surface area contributed by atoms with E-state index in [4.69, 9.17) is 16.3 Å². The van der Waals surface area contributed by atoms with Crippen LogP contribution in [0.5, 0.6) is 0 Å². The molecule has 1 aromatic rings. The van der Waals surface area contributed by atoms with Crippen molar-refractivity contribution in [3.05, 3.63) is 34.6 Å². The lowest BCUT2D eigenvalue weighted by atomic mass is 9.68. The van der Waals surface area contributed by atoms with Gasteiger partial charge < -0.3 is 4.74 Å². The minimum Gasteiger partial charge on any atom is -0.382 e. The predicted octanol–water partition coefficient (Wildman–Crippen LogP) is 7.77. The Morgan fingerprint density at radius 1 is 0.963 bits per heavy atom. The van der Waals surface area contributed by atoms with Crippen molar-refractivity contribution in [2.75, 3.05) is 13.2 Å². The van der Waals surface area contributed by atoms with E-state index in [1.54, 1.807) is 12.1 Å². The van der Waals surface area contributed by atoms with E-state index in [9.17, 15) is 4.39 Å². The Labute approximate surface area is 170 Å². The molecular weight excluding hydrogens is 359 g/mol. The highest BCUT2D eigenvalue weighted by Gasteiger charge is 2.31. The minimum absolute atomic E-state index is 0.238. The van der Waals surface area contributed by atoms with Crippen molar-refractivity contribution in [1.82, 2.24) is 0 Å². The van der Waals surface area contributed by atoms with Crippen molar-refractivity contribution < 1.29 is 9.13 Å². The normalized spacial score (nSPS) is 29.0. The van der Waals surface area contributed by atoms with Crippen LogP contribution in [0.15, 0.2) is 18.2 Å². The molecule has 0 spiro atoms. The standard InChI is InChI=1S/C24H36ClFO/c1-2-27-16-4-3-5-18-6-8-19(9-7-18)20-10-12-21(13-11-20)22-14-15-23(25)24(26)17-22/h14-15,17-21H,2-13,16H2,1H3/t18-,19-,20-,21-. The summed E-state index contributed by atoms with van der Waals surface area (Å²) in [5.74, 6) is 3.05. The fraction of sp³-hybridized carbons (Fsp3) is 0.750. The van der Waals surface area contributed by atoms with Crippen LogP contribution in [-0.4, -0.2) is 13.2 Å². The SMILES string of the molecule is CCOCCCC[C@H]1CC[C@H]([C@H]2CC[C@H](c3ccc(Cl)c(F)c3)CC2)CC1. The van der Waals surface area contributed by atoms with E-state index in [1.807, 2.05) is 6.07 Å². The molecule has 2 saturated carbocycles. The van der Waals surface area contributed by atoms with Crippen LogP contribution in [0.4, 0.5) is 4.39 Å². The van der Waals surface area contributed by atoms with Crippen molar-refractivity contribution in [3.8, 4) is 0 Å². The first-order valence-corrected chi connectivity index (χ1v) is 11.6. The average molecular weight is 395 g/mol. The first kappa shape index (κ1) is 21.1. The molecule has 0 unspecified atom stereocenters. The van der Waals surface area contributed by atoms with Crippen LogP contribution in [0.1, 0.15) is 89.0 Å². The Balaban J connectivity index is 1.36. The number of hydrogen-bond acceptors (Lipinski definition) is 1. The van der Waals surface area contributed by atoms with Gasteiger partial charge in [0, 0.05) is 13.2 Å². The van der Waals surface area contributed by atoms with E-state index in [0.717, 1.165) is 36.5 Å². The van der Waals surface area contributed by atoms with Gasteiger partial charge >= 0.3 is 0 Å². The highest BCUT2D eigenvalue weighted by atomic mass is 35.5. The molecule has 0 saturated heterocycles. The van der Waals surface area contributed by atoms with Crippen molar-refractivity contribution in [2.24, 2.45) is 17.8 Å². The topological polar surface area (TPSA) is 9.23 Å². The summed E-state index contributed by atoms with van der Waals surface area (Å²) >= 11 is 5.83. The van der Waals surface area contributed by atoms with Gasteiger partial charge in [-0.05, 0) is 93.2 Å². The summed E-state index contributed by atoms with van der Waals surface area (Å²) in [6.45, 7) is 3.86. The van der Waals surface area contributed by atoms with Gasteiger partial charge in [0.2, 0.25) is 0 Å². The Bertz CT molecular complexity index is 559. The molecule has 2 aliphatic carbocycles. The third kappa shape index (κ3) is 6.19. The molecule has 0 radical (unpaired) electrons. The second-order valence-corrected chi connectivity index (χ2v) is 9.17. The summed E-state index contributed by atoms with van der Waals surface area (Å²) in [5.41, 5.74) is 1.14. The van der Waals surface area contributed by atoms with Crippen LogP contribution in [0.2, 0.25) is 5.02 Å². The maximum absolute atomic E-state index is 13.7. The highest BCUT2D eigenvalue weighted by molar-refractivity contribution is 6.30. The fourth-order valence-corrected chi connectivity index (χ4v) is 5.54. The van der Waals surface area contributed by atoms with Gasteiger partial charge in [-0.2, -0.15) is 0 Å². The molecule has 0 aliphatic heterocycles. The second kappa shape index (κ2) is 10.8. The largest absolute Gasteiger partial charge is 0.382 e. The molecular formula is C24H36ClFO. The number of unbranched alkanes of at least 4 members (excludes halogenated alkanes) is 1. The van der Waals surface area contributed by atoms with E-state index >= 15 is 0 Å². The molecule has 1 aromatic carbocycles. The van der Waals surface area contributed by atoms with Gasteiger partial charge in [-0.25, -0.2) is 4.39 Å². The summed E-state index contributed by atoms with van der Waals surface area (Å²) in [4.78, 5) is 0. The quantitative estimate of drug-likeness (QED) is 0.409. The monoisotopic (exact) mass is 394 g/mol. The zero-order valence-corrected chi connectivity index (χ0v) is 17.7. The van der Waals surface area contributed by atoms with E-state index < -0.39 is 0 Å². The summed E-state index contributed by atoms with van der Waals surface area (Å²) < 4.78 is 19.2. The van der Waals surface area contributed by atoms with Gasteiger partial charge in [0.25, 0.3) is 0 Å². The zero-order valence-electron chi connectivity index (χ0n) is 16.9. The molecule has 3 heteroatoms. The Kier molecular flexibility index (Phi) is 8.46. The average Bonchev–Trinajstić information content (AvgIpc) is 2.71. The third-order valence-electron chi connectivity index (χ3n) is 7.10. The predicted molar refractivity (Wildman–Crippen MR) is 112 cm³/mol. The lowest BCUT2D eigenvalue weighted by Gasteiger charge is -2.38. The number of ether oxygens (including phenoxy) is 1. The van der Waals surface area contributed by atoms with Crippen LogP contribution in [-0.2, 0) is 4.74 Å². The molecule has 0 N–H and O–H groups in total. The van der Waals surface area contributed by atoms with E-state index in [1.165, 1.54) is 70.6 Å². The van der Waals surface area contributed by atoms with Gasteiger partial charge in [0.05, 0.1) is 5.02 Å². The van der Waals surface area contributed by atoms with E-state index in [0.29, 0.717) is 5.92 Å². The maximum atomic E-state index is 13.7. The molecule has 0 atom stereocenters. The van der Waals surface area contributed by atoms with Crippen molar-refractivity contribution in [3.63, 3.8) is 0 Å². The second-order valence-electron chi connectivity index (χ2n) is 8.76. The van der Waals surface area contributed by atoms with Crippen molar-refractivity contribution in [1.29, 1.82) is 0 Å². The van der Waals surface area contributed by atoms with Gasteiger partial charge in [0.1, 0.15) is 5.82 Å². The summed E-state index contributed by atoms with van der Waals surface area (Å²) in [5, 5.41) is 0.238. The zero-order chi connectivity index (χ0) is 19.1. The van der Waals surface area contributed by atoms with Crippen LogP contribution in [0.3, 0.4) is 0 Å². The van der Waals surface area contributed by atoms with Gasteiger partial charge in [-0.1, -0.05) is 43.4 Å². The summed E-state index contributed by atoms with van der Waals surface area (Å²) in [6.07, 6.45) is 14.7. The van der Waals surface area contributed by atoms with Gasteiger partial charge in [-0.15, -0.1) is 0 Å². The third-order valence-corrected chi connectivity index (χ3v) is 7.41. The van der Waals surface area contributed by atoms with Crippen molar-refractivity contribution >= 4 is 11.6 Å². The van der Waals surface area contributed by atoms with Crippen LogP contribution >= 0.6 is 11.6 Å². The van der Waals surface area contributed by atoms with Crippen LogP contribution < -0.4 is 0 Å². The van der Waals surface area contributed by atoms with E-state index in [2.05, 4.69) is 6.92 Å². The van der Waals surface area contributed by atoms with Crippen molar-refractivity contribution in [2.45, 2.75) is 83.5 Å². The Morgan fingerprint density at radius 2 is 1.63 bits per heavy atom.